The Kier molecular flexibility index (Phi) is 4.10. The van der Waals surface area contributed by atoms with Crippen LogP contribution in [0.2, 0.25) is 0 Å². The molecule has 0 aliphatic rings. The smallest absolute Gasteiger partial charge is 0.261 e. The van der Waals surface area contributed by atoms with Gasteiger partial charge < -0.3 is 5.32 Å². The molecule has 1 aromatic carbocycles. The SMILES string of the molecule is O=C(NCCc1csc2nc(-c3ccccc3)nn12)c1cccs1. The fourth-order valence-electron chi connectivity index (χ4n) is 2.41. The number of hydrogen-bond acceptors (Lipinski definition) is 5. The largest absolute Gasteiger partial charge is 0.351 e. The van der Waals surface area contributed by atoms with Gasteiger partial charge in [-0.15, -0.1) is 27.8 Å². The van der Waals surface area contributed by atoms with Gasteiger partial charge in [-0.05, 0) is 11.4 Å². The van der Waals surface area contributed by atoms with E-state index in [1.165, 1.54) is 11.3 Å². The highest BCUT2D eigenvalue weighted by atomic mass is 32.1. The molecule has 0 aliphatic carbocycles. The number of carbonyl (C=O) groups is 1. The van der Waals surface area contributed by atoms with Gasteiger partial charge in [0.05, 0.1) is 10.6 Å². The maximum Gasteiger partial charge on any atom is 0.261 e. The first-order chi connectivity index (χ1) is 11.8. The highest BCUT2D eigenvalue weighted by Crippen LogP contribution is 2.20. The average molecular weight is 354 g/mol. The van der Waals surface area contributed by atoms with Crippen LogP contribution in [0.4, 0.5) is 0 Å². The molecule has 0 saturated heterocycles. The van der Waals surface area contributed by atoms with E-state index < -0.39 is 0 Å². The van der Waals surface area contributed by atoms with Crippen molar-refractivity contribution in [3.63, 3.8) is 0 Å². The number of hydrogen-bond donors (Lipinski definition) is 1. The molecule has 7 heteroatoms. The molecule has 3 aromatic heterocycles. The van der Waals surface area contributed by atoms with Crippen LogP contribution in [0, 0.1) is 0 Å². The summed E-state index contributed by atoms with van der Waals surface area (Å²) in [6.07, 6.45) is 0.717. The Morgan fingerprint density at radius 3 is 2.79 bits per heavy atom. The molecule has 3 heterocycles. The lowest BCUT2D eigenvalue weighted by molar-refractivity contribution is 0.0958. The van der Waals surface area contributed by atoms with Gasteiger partial charge in [-0.3, -0.25) is 4.79 Å². The second-order valence-corrected chi connectivity index (χ2v) is 6.99. The standard InChI is InChI=1S/C17H14N4OS2/c22-16(14-7-4-10-23-14)18-9-8-13-11-24-17-19-15(20-21(13)17)12-5-2-1-3-6-12/h1-7,10-11H,8-9H2,(H,18,22). The van der Waals surface area contributed by atoms with Crippen molar-refractivity contribution < 1.29 is 4.79 Å². The highest BCUT2D eigenvalue weighted by molar-refractivity contribution is 7.15. The Hall–Kier alpha value is -2.51. The van der Waals surface area contributed by atoms with E-state index in [2.05, 4.69) is 15.4 Å². The van der Waals surface area contributed by atoms with Gasteiger partial charge in [-0.2, -0.15) is 4.98 Å². The molecule has 0 fully saturated rings. The number of benzene rings is 1. The summed E-state index contributed by atoms with van der Waals surface area (Å²) in [5, 5.41) is 11.5. The van der Waals surface area contributed by atoms with Crippen LogP contribution in [-0.2, 0) is 6.42 Å². The van der Waals surface area contributed by atoms with E-state index in [9.17, 15) is 4.79 Å². The van der Waals surface area contributed by atoms with E-state index in [0.29, 0.717) is 13.0 Å². The minimum atomic E-state index is -0.0277. The number of nitrogens with zero attached hydrogens (tertiary/aromatic N) is 3. The van der Waals surface area contributed by atoms with Crippen molar-refractivity contribution in [2.24, 2.45) is 0 Å². The molecule has 120 valence electrons. The number of aromatic nitrogens is 3. The first kappa shape index (κ1) is 15.0. The molecule has 1 amide bonds. The zero-order chi connectivity index (χ0) is 16.4. The van der Waals surface area contributed by atoms with Crippen LogP contribution in [0.3, 0.4) is 0 Å². The van der Waals surface area contributed by atoms with Crippen molar-refractivity contribution >= 4 is 33.5 Å². The number of amides is 1. The summed E-state index contributed by atoms with van der Waals surface area (Å²) in [5.41, 5.74) is 2.06. The van der Waals surface area contributed by atoms with E-state index >= 15 is 0 Å². The minimum absolute atomic E-state index is 0.0277. The van der Waals surface area contributed by atoms with E-state index in [4.69, 9.17) is 0 Å². The topological polar surface area (TPSA) is 59.3 Å². The summed E-state index contributed by atoms with van der Waals surface area (Å²) in [4.78, 5) is 18.1. The van der Waals surface area contributed by atoms with Gasteiger partial charge >= 0.3 is 0 Å². The second kappa shape index (κ2) is 6.54. The molecule has 0 aliphatic heterocycles. The van der Waals surface area contributed by atoms with Crippen molar-refractivity contribution in [3.8, 4) is 11.4 Å². The molecule has 0 saturated carbocycles. The third-order valence-corrected chi connectivity index (χ3v) is 5.33. The summed E-state index contributed by atoms with van der Waals surface area (Å²) in [5.74, 6) is 0.700. The number of thiazole rings is 1. The van der Waals surface area contributed by atoms with Crippen molar-refractivity contribution in [2.75, 3.05) is 6.54 Å². The molecule has 24 heavy (non-hydrogen) atoms. The molecule has 4 rings (SSSR count). The van der Waals surface area contributed by atoms with Gasteiger partial charge in [0.1, 0.15) is 0 Å². The number of rotatable bonds is 5. The van der Waals surface area contributed by atoms with Crippen molar-refractivity contribution in [2.45, 2.75) is 6.42 Å². The monoisotopic (exact) mass is 354 g/mol. The molecular formula is C17H14N4OS2. The van der Waals surface area contributed by atoms with Gasteiger partial charge in [0.2, 0.25) is 4.96 Å². The van der Waals surface area contributed by atoms with Gasteiger partial charge in [-0.1, -0.05) is 36.4 Å². The van der Waals surface area contributed by atoms with Crippen molar-refractivity contribution in [3.05, 3.63) is 63.8 Å². The zero-order valence-electron chi connectivity index (χ0n) is 12.7. The third-order valence-electron chi connectivity index (χ3n) is 3.59. The van der Waals surface area contributed by atoms with Crippen molar-refractivity contribution in [1.82, 2.24) is 19.9 Å². The van der Waals surface area contributed by atoms with Crippen LogP contribution in [0.1, 0.15) is 15.4 Å². The molecular weight excluding hydrogens is 340 g/mol. The Balaban J connectivity index is 1.47. The predicted octanol–water partition coefficient (Wildman–Crippen LogP) is 3.49. The Bertz CT molecular complexity index is 957. The normalized spacial score (nSPS) is 11.0. The van der Waals surface area contributed by atoms with Crippen molar-refractivity contribution in [1.29, 1.82) is 0 Å². The average Bonchev–Trinajstić information content (AvgIpc) is 3.33. The summed E-state index contributed by atoms with van der Waals surface area (Å²) >= 11 is 3.01. The third kappa shape index (κ3) is 2.95. The number of nitrogens with one attached hydrogen (secondary N) is 1. The first-order valence-electron chi connectivity index (χ1n) is 7.51. The Labute approximate surface area is 146 Å². The van der Waals surface area contributed by atoms with Crippen LogP contribution >= 0.6 is 22.7 Å². The summed E-state index contributed by atoms with van der Waals surface area (Å²) in [6, 6.07) is 13.6. The maximum absolute atomic E-state index is 12.0. The summed E-state index contributed by atoms with van der Waals surface area (Å²) in [6.45, 7) is 0.573. The fourth-order valence-corrected chi connectivity index (χ4v) is 3.90. The molecule has 4 aromatic rings. The van der Waals surface area contributed by atoms with E-state index in [0.717, 1.165) is 26.9 Å². The number of fused-ring (bicyclic) bond motifs is 1. The molecule has 1 N–H and O–H groups in total. The Morgan fingerprint density at radius 2 is 2.00 bits per heavy atom. The predicted molar refractivity (Wildman–Crippen MR) is 96.7 cm³/mol. The molecule has 0 radical (unpaired) electrons. The lowest BCUT2D eigenvalue weighted by Crippen LogP contribution is -2.25. The van der Waals surface area contributed by atoms with Crippen LogP contribution in [0.25, 0.3) is 16.3 Å². The van der Waals surface area contributed by atoms with Crippen LogP contribution in [0.15, 0.2) is 53.2 Å². The van der Waals surface area contributed by atoms with Gasteiger partial charge in [0.25, 0.3) is 5.91 Å². The quantitative estimate of drug-likeness (QED) is 0.597. The Morgan fingerprint density at radius 1 is 1.12 bits per heavy atom. The molecule has 0 bridgehead atoms. The number of carbonyl (C=O) groups excluding carboxylic acids is 1. The van der Waals surface area contributed by atoms with E-state index in [1.807, 2.05) is 57.7 Å². The summed E-state index contributed by atoms with van der Waals surface area (Å²) < 4.78 is 1.87. The molecule has 5 nitrogen and oxygen atoms in total. The first-order valence-corrected chi connectivity index (χ1v) is 9.27. The molecule has 0 atom stereocenters. The minimum Gasteiger partial charge on any atom is -0.351 e. The van der Waals surface area contributed by atoms with E-state index in [-0.39, 0.29) is 5.91 Å². The highest BCUT2D eigenvalue weighted by Gasteiger charge is 2.12. The van der Waals surface area contributed by atoms with Crippen LogP contribution in [0.5, 0.6) is 0 Å². The number of thiophene rings is 1. The molecule has 0 unspecified atom stereocenters. The van der Waals surface area contributed by atoms with Gasteiger partial charge in [0.15, 0.2) is 5.82 Å². The van der Waals surface area contributed by atoms with Gasteiger partial charge in [-0.25, -0.2) is 4.52 Å². The second-order valence-electron chi connectivity index (χ2n) is 5.21. The van der Waals surface area contributed by atoms with Gasteiger partial charge in [0, 0.05) is 23.9 Å². The van der Waals surface area contributed by atoms with Crippen LogP contribution < -0.4 is 5.32 Å². The lowest BCUT2D eigenvalue weighted by Gasteiger charge is -2.02. The zero-order valence-corrected chi connectivity index (χ0v) is 14.3. The molecule has 0 spiro atoms. The lowest BCUT2D eigenvalue weighted by atomic mass is 10.2. The fraction of sp³-hybridized carbons (Fsp3) is 0.118. The maximum atomic E-state index is 12.0. The van der Waals surface area contributed by atoms with Crippen LogP contribution in [-0.4, -0.2) is 27.0 Å². The van der Waals surface area contributed by atoms with E-state index in [1.54, 1.807) is 11.3 Å². The summed E-state index contributed by atoms with van der Waals surface area (Å²) in [7, 11) is 0.